The van der Waals surface area contributed by atoms with Crippen LogP contribution in [0.3, 0.4) is 0 Å². The standard InChI is InChI=1S/C11H24O3S.Na/c1-3-5-7-11(8-6-4-2)9-10-15(12,13)14;/h11H,3-10H2,1-2H3,(H,12,13,14);/q;+1/p-1. The molecule has 0 fully saturated rings. The van der Waals surface area contributed by atoms with Gasteiger partial charge in [0.25, 0.3) is 0 Å². The minimum Gasteiger partial charge on any atom is -0.748 e. The SMILES string of the molecule is CCCCC(CCCC)CCS(=O)(=O)[O-].[Na+]. The first-order valence-corrected chi connectivity index (χ1v) is 7.50. The average molecular weight is 258 g/mol. The van der Waals surface area contributed by atoms with Crippen molar-refractivity contribution in [2.75, 3.05) is 5.75 Å². The van der Waals surface area contributed by atoms with Crippen LogP contribution in [0.1, 0.15) is 58.8 Å². The Hall–Kier alpha value is 0.910. The summed E-state index contributed by atoms with van der Waals surface area (Å²) >= 11 is 0. The second-order valence-electron chi connectivity index (χ2n) is 4.20. The summed E-state index contributed by atoms with van der Waals surface area (Å²) in [7, 11) is -4.02. The molecule has 3 nitrogen and oxygen atoms in total. The topological polar surface area (TPSA) is 57.2 Å². The molecule has 0 aromatic rings. The van der Waals surface area contributed by atoms with E-state index >= 15 is 0 Å². The molecule has 0 amide bonds. The largest absolute Gasteiger partial charge is 1.00 e. The van der Waals surface area contributed by atoms with Gasteiger partial charge in [-0.25, -0.2) is 8.42 Å². The van der Waals surface area contributed by atoms with Crippen LogP contribution in [0.2, 0.25) is 0 Å². The molecule has 0 saturated carbocycles. The molecule has 0 bridgehead atoms. The second kappa shape index (κ2) is 11.0. The van der Waals surface area contributed by atoms with Gasteiger partial charge in [0.05, 0.1) is 10.1 Å². The van der Waals surface area contributed by atoms with Crippen LogP contribution in [0, 0.1) is 5.92 Å². The third-order valence-electron chi connectivity index (χ3n) is 2.71. The van der Waals surface area contributed by atoms with Crippen LogP contribution in [0.5, 0.6) is 0 Å². The molecule has 0 heterocycles. The van der Waals surface area contributed by atoms with Gasteiger partial charge < -0.3 is 4.55 Å². The molecule has 92 valence electrons. The van der Waals surface area contributed by atoms with Crippen LogP contribution >= 0.6 is 0 Å². The fourth-order valence-corrected chi connectivity index (χ4v) is 2.35. The van der Waals surface area contributed by atoms with Crippen molar-refractivity contribution in [1.29, 1.82) is 0 Å². The molecule has 0 saturated heterocycles. The van der Waals surface area contributed by atoms with E-state index in [0.29, 0.717) is 12.3 Å². The fourth-order valence-electron chi connectivity index (χ4n) is 1.73. The molecule has 0 spiro atoms. The van der Waals surface area contributed by atoms with Gasteiger partial charge in [-0.05, 0) is 12.3 Å². The molecule has 5 heteroatoms. The molecule has 0 aromatic heterocycles. The van der Waals surface area contributed by atoms with E-state index < -0.39 is 10.1 Å². The zero-order valence-corrected chi connectivity index (χ0v) is 13.7. The van der Waals surface area contributed by atoms with Crippen molar-refractivity contribution in [3.05, 3.63) is 0 Å². The monoisotopic (exact) mass is 258 g/mol. The summed E-state index contributed by atoms with van der Waals surface area (Å²) in [6.45, 7) is 4.25. The molecule has 0 radical (unpaired) electrons. The number of hydrogen-bond donors (Lipinski definition) is 0. The first-order chi connectivity index (χ1) is 6.99. The van der Waals surface area contributed by atoms with E-state index in [-0.39, 0.29) is 35.3 Å². The smallest absolute Gasteiger partial charge is 0.748 e. The van der Waals surface area contributed by atoms with E-state index in [1.165, 1.54) is 0 Å². The Morgan fingerprint density at radius 3 is 1.75 bits per heavy atom. The molecule has 16 heavy (non-hydrogen) atoms. The molecular weight excluding hydrogens is 235 g/mol. The van der Waals surface area contributed by atoms with E-state index in [0.717, 1.165) is 38.5 Å². The van der Waals surface area contributed by atoms with Crippen LogP contribution in [0.15, 0.2) is 0 Å². The average Bonchev–Trinajstić information content (AvgIpc) is 2.15. The minimum atomic E-state index is -4.02. The number of unbranched alkanes of at least 4 members (excludes halogenated alkanes) is 2. The maximum absolute atomic E-state index is 10.5. The zero-order chi connectivity index (χ0) is 11.7. The zero-order valence-electron chi connectivity index (χ0n) is 10.9. The van der Waals surface area contributed by atoms with E-state index in [1.54, 1.807) is 0 Å². The molecule has 0 atom stereocenters. The van der Waals surface area contributed by atoms with Crippen LogP contribution in [0.25, 0.3) is 0 Å². The molecule has 0 rings (SSSR count). The van der Waals surface area contributed by atoms with Crippen molar-refractivity contribution >= 4 is 10.1 Å². The molecule has 0 N–H and O–H groups in total. The van der Waals surface area contributed by atoms with Gasteiger partial charge in [0.15, 0.2) is 0 Å². The van der Waals surface area contributed by atoms with Crippen molar-refractivity contribution in [2.24, 2.45) is 5.92 Å². The van der Waals surface area contributed by atoms with Gasteiger partial charge in [0.1, 0.15) is 0 Å². The summed E-state index contributed by atoms with van der Waals surface area (Å²) in [5.74, 6) is 0.235. The summed E-state index contributed by atoms with van der Waals surface area (Å²) in [5, 5.41) is 0. The van der Waals surface area contributed by atoms with E-state index in [1.807, 2.05) is 0 Å². The van der Waals surface area contributed by atoms with Crippen LogP contribution in [-0.2, 0) is 10.1 Å². The van der Waals surface area contributed by atoms with Crippen molar-refractivity contribution in [3.8, 4) is 0 Å². The maximum Gasteiger partial charge on any atom is 1.00 e. The van der Waals surface area contributed by atoms with Crippen molar-refractivity contribution in [3.63, 3.8) is 0 Å². The summed E-state index contributed by atoms with van der Waals surface area (Å²) < 4.78 is 31.6. The van der Waals surface area contributed by atoms with E-state index in [4.69, 9.17) is 0 Å². The molecule has 0 aliphatic rings. The van der Waals surface area contributed by atoms with Gasteiger partial charge in [0.2, 0.25) is 0 Å². The second-order valence-corrected chi connectivity index (χ2v) is 5.72. The Morgan fingerprint density at radius 1 is 1.00 bits per heavy atom. The Kier molecular flexibility index (Phi) is 13.3. The van der Waals surface area contributed by atoms with E-state index in [2.05, 4.69) is 13.8 Å². The Labute approximate surface area is 122 Å². The van der Waals surface area contributed by atoms with Gasteiger partial charge in [-0.1, -0.05) is 52.4 Å². The van der Waals surface area contributed by atoms with Gasteiger partial charge in [0, 0.05) is 5.75 Å². The van der Waals surface area contributed by atoms with Crippen LogP contribution in [0.4, 0.5) is 0 Å². The molecule has 0 unspecified atom stereocenters. The minimum absolute atomic E-state index is 0. The predicted molar refractivity (Wildman–Crippen MR) is 61.7 cm³/mol. The van der Waals surface area contributed by atoms with Crippen LogP contribution < -0.4 is 29.6 Å². The fraction of sp³-hybridized carbons (Fsp3) is 1.00. The first kappa shape index (κ1) is 19.3. The summed E-state index contributed by atoms with van der Waals surface area (Å²) in [6, 6.07) is 0. The number of rotatable bonds is 9. The predicted octanol–water partition coefficient (Wildman–Crippen LogP) is -0.0777. The molecule has 0 aromatic carbocycles. The Morgan fingerprint density at radius 2 is 1.44 bits per heavy atom. The number of hydrogen-bond acceptors (Lipinski definition) is 3. The first-order valence-electron chi connectivity index (χ1n) is 5.93. The summed E-state index contributed by atoms with van der Waals surface area (Å²) in [4.78, 5) is 0. The molecular formula is C11H23NaO3S. The quantitative estimate of drug-likeness (QED) is 0.429. The van der Waals surface area contributed by atoms with E-state index in [9.17, 15) is 13.0 Å². The Bertz CT molecular complexity index is 232. The van der Waals surface area contributed by atoms with Crippen molar-refractivity contribution in [2.45, 2.75) is 58.8 Å². The third kappa shape index (κ3) is 13.0. The maximum atomic E-state index is 10.5. The molecule has 0 aliphatic carbocycles. The third-order valence-corrected chi connectivity index (χ3v) is 3.44. The van der Waals surface area contributed by atoms with Gasteiger partial charge in [-0.2, -0.15) is 0 Å². The normalized spacial score (nSPS) is 11.5. The molecule has 0 aliphatic heterocycles. The summed E-state index contributed by atoms with van der Waals surface area (Å²) in [6.07, 6.45) is 7.20. The van der Waals surface area contributed by atoms with Crippen LogP contribution in [-0.4, -0.2) is 18.7 Å². The van der Waals surface area contributed by atoms with Crippen molar-refractivity contribution in [1.82, 2.24) is 0 Å². The van der Waals surface area contributed by atoms with Crippen molar-refractivity contribution < 1.29 is 42.5 Å². The van der Waals surface area contributed by atoms with Gasteiger partial charge in [-0.15, -0.1) is 0 Å². The Balaban J connectivity index is 0. The van der Waals surface area contributed by atoms with Gasteiger partial charge >= 0.3 is 29.6 Å². The van der Waals surface area contributed by atoms with Gasteiger partial charge in [-0.3, -0.25) is 0 Å². The summed E-state index contributed by atoms with van der Waals surface area (Å²) in [5.41, 5.74) is 0.